The quantitative estimate of drug-likeness (QED) is 0.157. The highest BCUT2D eigenvalue weighted by atomic mass is 19.2. The van der Waals surface area contributed by atoms with Gasteiger partial charge in [-0.3, -0.25) is 14.6 Å². The largest absolute Gasteiger partial charge is 0.340 e. The number of fused-ring (bicyclic) bond motifs is 3. The van der Waals surface area contributed by atoms with Gasteiger partial charge in [0.15, 0.2) is 18.7 Å². The topological polar surface area (TPSA) is 118 Å². The maximum Gasteiger partial charge on any atom is 0.340 e. The first-order valence-electron chi connectivity index (χ1n) is 12.0. The number of hydrogen-bond donors (Lipinski definition) is 1. The van der Waals surface area contributed by atoms with Crippen LogP contribution in [0, 0.1) is 5.95 Å². The van der Waals surface area contributed by atoms with Gasteiger partial charge in [-0.15, -0.1) is 9.58 Å². The normalized spacial score (nSPS) is 18.3. The molecule has 1 aromatic carbocycles. The molecular formula is C26H27F3N6O4. The fourth-order valence-electron chi connectivity index (χ4n) is 4.48. The van der Waals surface area contributed by atoms with Crippen LogP contribution in [-0.2, 0) is 15.0 Å². The number of aromatic nitrogens is 3. The Bertz CT molecular complexity index is 1440. The predicted molar refractivity (Wildman–Crippen MR) is 136 cm³/mol. The van der Waals surface area contributed by atoms with Crippen LogP contribution in [0.15, 0.2) is 53.3 Å². The number of aldehydes is 1. The molecule has 2 heterocycles. The van der Waals surface area contributed by atoms with Gasteiger partial charge >= 0.3 is 5.97 Å². The molecule has 0 fully saturated rings. The Hall–Kier alpha value is -4.55. The van der Waals surface area contributed by atoms with Gasteiger partial charge in [0.25, 0.3) is 5.91 Å². The van der Waals surface area contributed by atoms with Gasteiger partial charge in [0.05, 0.1) is 28.3 Å². The van der Waals surface area contributed by atoms with Crippen LogP contribution in [0.3, 0.4) is 0 Å². The summed E-state index contributed by atoms with van der Waals surface area (Å²) in [5.74, 6) is -3.54. The van der Waals surface area contributed by atoms with Crippen molar-refractivity contribution in [3.05, 3.63) is 76.6 Å². The van der Waals surface area contributed by atoms with E-state index in [2.05, 4.69) is 15.1 Å². The van der Waals surface area contributed by atoms with Gasteiger partial charge < -0.3 is 4.84 Å². The summed E-state index contributed by atoms with van der Waals surface area (Å²) >= 11 is 0. The number of hydroxylamine groups is 2. The molecule has 0 radical (unpaired) electrons. The number of benzene rings is 1. The maximum atomic E-state index is 14.0. The number of allylic oxidation sites excluding steroid dienone is 2. The smallest absolute Gasteiger partial charge is 0.337 e. The number of carbonyl (C=O) groups excluding carboxylic acids is 3. The predicted octanol–water partition coefficient (Wildman–Crippen LogP) is 4.04. The van der Waals surface area contributed by atoms with E-state index in [9.17, 15) is 27.6 Å². The Labute approximate surface area is 222 Å². The fraction of sp³-hybridized carbons (Fsp3) is 0.308. The molecule has 0 aliphatic heterocycles. The second kappa shape index (κ2) is 12.3. The van der Waals surface area contributed by atoms with Gasteiger partial charge in [-0.25, -0.2) is 24.2 Å². The Morgan fingerprint density at radius 3 is 2.72 bits per heavy atom. The molecule has 1 aliphatic rings. The van der Waals surface area contributed by atoms with Gasteiger partial charge in [-0.2, -0.15) is 9.45 Å². The van der Waals surface area contributed by atoms with E-state index >= 15 is 0 Å². The van der Waals surface area contributed by atoms with Crippen molar-refractivity contribution in [2.75, 3.05) is 13.8 Å². The molecule has 3 aromatic rings. The number of nitrogens with zero attached hydrogens (tertiary/aromatic N) is 5. The summed E-state index contributed by atoms with van der Waals surface area (Å²) in [4.78, 5) is 50.3. The van der Waals surface area contributed by atoms with Gasteiger partial charge in [0.2, 0.25) is 5.95 Å². The molecule has 4 rings (SSSR count). The summed E-state index contributed by atoms with van der Waals surface area (Å²) < 4.78 is 41.6. The van der Waals surface area contributed by atoms with E-state index in [1.54, 1.807) is 24.6 Å². The molecule has 10 nitrogen and oxygen atoms in total. The van der Waals surface area contributed by atoms with Crippen LogP contribution in [0.5, 0.6) is 0 Å². The lowest BCUT2D eigenvalue weighted by atomic mass is 9.82. The van der Waals surface area contributed by atoms with Crippen molar-refractivity contribution in [3.8, 4) is 0 Å². The lowest BCUT2D eigenvalue weighted by Gasteiger charge is -2.27. The summed E-state index contributed by atoms with van der Waals surface area (Å²) in [6, 6.07) is 7.06. The summed E-state index contributed by atoms with van der Waals surface area (Å²) in [6.45, 7) is 4.56. The molecule has 1 amide bonds. The van der Waals surface area contributed by atoms with Crippen molar-refractivity contribution < 1.29 is 32.5 Å². The van der Waals surface area contributed by atoms with E-state index in [-0.39, 0.29) is 40.1 Å². The molecule has 2 atom stereocenters. The molecule has 0 saturated heterocycles. The standard InChI is InChI=1S/C24H21F3N6O4.C2H6/c1-24(18(30-27)7-8-28-13-25)10-16(17-11-29-20-9-19(26)31-33(20)21(17)24)23(36)37-32(2)22(35)15-6-4-3-5-14(15)12-34;1-2/h3-9,11-12,16,30H,10,13H2,1-2H3;1-2H3/b18-7-,28-8+;/t16?,24-;/m1./s1. The van der Waals surface area contributed by atoms with Crippen molar-refractivity contribution >= 4 is 30.0 Å². The minimum absolute atomic E-state index is 0.0267. The zero-order valence-corrected chi connectivity index (χ0v) is 21.7. The zero-order chi connectivity index (χ0) is 28.7. The molecule has 1 N–H and O–H groups in total. The number of carbonyl (C=O) groups is 3. The minimum atomic E-state index is -1.32. The summed E-state index contributed by atoms with van der Waals surface area (Å²) in [7, 11) is 1.21. The number of nitrogens with one attached hydrogen (secondary N) is 1. The van der Waals surface area contributed by atoms with E-state index in [0.29, 0.717) is 11.3 Å². The van der Waals surface area contributed by atoms with E-state index in [4.69, 9.17) is 4.84 Å². The maximum absolute atomic E-state index is 14.0. The van der Waals surface area contributed by atoms with E-state index in [0.717, 1.165) is 16.8 Å². The molecule has 2 aromatic heterocycles. The van der Waals surface area contributed by atoms with Crippen molar-refractivity contribution in [3.63, 3.8) is 0 Å². The van der Waals surface area contributed by atoms with Crippen LogP contribution in [0.1, 0.15) is 65.1 Å². The van der Waals surface area contributed by atoms with Crippen molar-refractivity contribution in [1.82, 2.24) is 25.2 Å². The molecule has 0 saturated carbocycles. The van der Waals surface area contributed by atoms with Gasteiger partial charge in [-0.1, -0.05) is 32.0 Å². The van der Waals surface area contributed by atoms with Gasteiger partial charge in [-0.05, 0) is 25.5 Å². The molecule has 0 spiro atoms. The molecule has 206 valence electrons. The Morgan fingerprint density at radius 1 is 1.33 bits per heavy atom. The Balaban J connectivity index is 0.00000205. The van der Waals surface area contributed by atoms with Crippen LogP contribution in [-0.4, -0.2) is 57.9 Å². The van der Waals surface area contributed by atoms with Crippen LogP contribution in [0.4, 0.5) is 13.3 Å². The lowest BCUT2D eigenvalue weighted by molar-refractivity contribution is -0.175. The van der Waals surface area contributed by atoms with Crippen LogP contribution in [0.25, 0.3) is 5.65 Å². The van der Waals surface area contributed by atoms with E-state index < -0.39 is 36.0 Å². The van der Waals surface area contributed by atoms with Gasteiger partial charge in [0.1, 0.15) is 0 Å². The lowest BCUT2D eigenvalue weighted by Crippen LogP contribution is -2.33. The number of halogens is 3. The fourth-order valence-corrected chi connectivity index (χ4v) is 4.48. The van der Waals surface area contributed by atoms with Crippen LogP contribution >= 0.6 is 0 Å². The molecule has 13 heteroatoms. The van der Waals surface area contributed by atoms with Crippen LogP contribution in [0.2, 0.25) is 0 Å². The molecule has 0 bridgehead atoms. The average Bonchev–Trinajstić information content (AvgIpc) is 3.48. The monoisotopic (exact) mass is 544 g/mol. The van der Waals surface area contributed by atoms with E-state index in [1.165, 1.54) is 31.5 Å². The summed E-state index contributed by atoms with van der Waals surface area (Å²) in [5, 5.41) is 4.49. The first-order chi connectivity index (χ1) is 18.7. The first kappa shape index (κ1) is 29.0. The second-order valence-corrected chi connectivity index (χ2v) is 8.43. The highest BCUT2D eigenvalue weighted by Crippen LogP contribution is 2.49. The summed E-state index contributed by atoms with van der Waals surface area (Å²) in [5.41, 5.74) is 0.894. The van der Waals surface area contributed by atoms with E-state index in [1.807, 2.05) is 13.8 Å². The zero-order valence-electron chi connectivity index (χ0n) is 21.7. The molecule has 39 heavy (non-hydrogen) atoms. The third-order valence-electron chi connectivity index (χ3n) is 6.22. The first-order valence-corrected chi connectivity index (χ1v) is 12.0. The SMILES string of the molecule is CC.CN(OC(=O)C1C[C@](C)(/C(=C/C=N/CF)NF)c2c1cnc1cc(F)nn21)C(=O)c1ccccc1C=O. The molecule has 1 aliphatic carbocycles. The number of aliphatic imine (C=N–C) groups is 1. The highest BCUT2D eigenvalue weighted by molar-refractivity contribution is 6.01. The Morgan fingerprint density at radius 2 is 2.05 bits per heavy atom. The number of alkyl halides is 1. The third kappa shape index (κ3) is 5.52. The van der Waals surface area contributed by atoms with Crippen molar-refractivity contribution in [2.24, 2.45) is 4.99 Å². The van der Waals surface area contributed by atoms with Crippen molar-refractivity contribution in [2.45, 2.75) is 38.5 Å². The molecule has 1 unspecified atom stereocenters. The van der Waals surface area contributed by atoms with Crippen LogP contribution < -0.4 is 5.54 Å². The van der Waals surface area contributed by atoms with Crippen molar-refractivity contribution in [1.29, 1.82) is 0 Å². The summed E-state index contributed by atoms with van der Waals surface area (Å²) in [6.07, 6.45) is 3.99. The second-order valence-electron chi connectivity index (χ2n) is 8.43. The highest BCUT2D eigenvalue weighted by Gasteiger charge is 2.49. The average molecular weight is 545 g/mol. The Kier molecular flexibility index (Phi) is 9.17. The third-order valence-corrected chi connectivity index (χ3v) is 6.22. The number of amides is 1. The molecular weight excluding hydrogens is 517 g/mol. The van der Waals surface area contributed by atoms with Gasteiger partial charge in [0, 0.05) is 36.7 Å². The minimum Gasteiger partial charge on any atom is -0.337 e. The number of hydrogen-bond acceptors (Lipinski definition) is 8. The number of rotatable bonds is 7.